The molecule has 0 saturated heterocycles. The quantitative estimate of drug-likeness (QED) is 0.758. The summed E-state index contributed by atoms with van der Waals surface area (Å²) in [6.07, 6.45) is 1.05. The number of nitrogens with zero attached hydrogens (tertiary/aromatic N) is 1. The molecular formula is C13H16N4O2S. The lowest BCUT2D eigenvalue weighted by molar-refractivity contribution is -0.116. The Hall–Kier alpha value is -2.15. The molecular weight excluding hydrogens is 276 g/mol. The number of hydrogen-bond donors (Lipinski definition) is 3. The van der Waals surface area contributed by atoms with Crippen molar-refractivity contribution < 1.29 is 9.59 Å². The number of carbonyl (C=O) groups excluding carboxylic acids is 2. The van der Waals surface area contributed by atoms with Crippen molar-refractivity contribution in [3.8, 4) is 0 Å². The van der Waals surface area contributed by atoms with Gasteiger partial charge in [0.1, 0.15) is 0 Å². The molecule has 7 heteroatoms. The van der Waals surface area contributed by atoms with E-state index in [0.717, 1.165) is 12.1 Å². The zero-order valence-electron chi connectivity index (χ0n) is 11.1. The topological polar surface area (TPSA) is 86.9 Å². The summed E-state index contributed by atoms with van der Waals surface area (Å²) in [7, 11) is 0. The highest BCUT2D eigenvalue weighted by Crippen LogP contribution is 2.06. The average Bonchev–Trinajstić information content (AvgIpc) is 3.09. The van der Waals surface area contributed by atoms with Crippen molar-refractivity contribution in [2.45, 2.75) is 19.8 Å². The van der Waals surface area contributed by atoms with E-state index in [0.29, 0.717) is 17.9 Å². The third kappa shape index (κ3) is 3.92. The van der Waals surface area contributed by atoms with E-state index in [9.17, 15) is 9.59 Å². The number of aryl methyl sites for hydroxylation is 1. The van der Waals surface area contributed by atoms with E-state index in [4.69, 9.17) is 0 Å². The second-order valence-corrected chi connectivity index (χ2v) is 4.98. The maximum absolute atomic E-state index is 11.7. The Morgan fingerprint density at radius 2 is 2.30 bits per heavy atom. The lowest BCUT2D eigenvalue weighted by Crippen LogP contribution is -2.27. The van der Waals surface area contributed by atoms with Crippen LogP contribution < -0.4 is 10.6 Å². The molecule has 0 aromatic carbocycles. The SMILES string of the molecule is CCc1cc(NC(=O)CCNC(=O)c2ccsc2)n[nH]1. The molecule has 0 bridgehead atoms. The molecule has 20 heavy (non-hydrogen) atoms. The number of aromatic nitrogens is 2. The predicted octanol–water partition coefficient (Wildman–Crippen LogP) is 1.79. The van der Waals surface area contributed by atoms with Crippen molar-refractivity contribution >= 4 is 29.0 Å². The molecule has 0 aliphatic carbocycles. The van der Waals surface area contributed by atoms with Gasteiger partial charge < -0.3 is 10.6 Å². The normalized spacial score (nSPS) is 10.2. The van der Waals surface area contributed by atoms with Crippen LogP contribution in [0, 0.1) is 0 Å². The molecule has 106 valence electrons. The van der Waals surface area contributed by atoms with Crippen molar-refractivity contribution in [3.05, 3.63) is 34.2 Å². The van der Waals surface area contributed by atoms with Crippen LogP contribution in [0.5, 0.6) is 0 Å². The minimum absolute atomic E-state index is 0.160. The highest BCUT2D eigenvalue weighted by molar-refractivity contribution is 7.08. The largest absolute Gasteiger partial charge is 0.351 e. The number of H-pyrrole nitrogens is 1. The molecule has 0 unspecified atom stereocenters. The van der Waals surface area contributed by atoms with Crippen LogP contribution in [-0.4, -0.2) is 28.6 Å². The van der Waals surface area contributed by atoms with Gasteiger partial charge in [-0.3, -0.25) is 14.7 Å². The Bertz CT molecular complexity index is 577. The molecule has 6 nitrogen and oxygen atoms in total. The summed E-state index contributed by atoms with van der Waals surface area (Å²) in [6.45, 7) is 2.30. The number of rotatable bonds is 6. The predicted molar refractivity (Wildman–Crippen MR) is 77.9 cm³/mol. The summed E-state index contributed by atoms with van der Waals surface area (Å²) in [5, 5.41) is 15.8. The van der Waals surface area contributed by atoms with Crippen molar-refractivity contribution in [2.24, 2.45) is 0 Å². The van der Waals surface area contributed by atoms with E-state index in [2.05, 4.69) is 20.8 Å². The summed E-state index contributed by atoms with van der Waals surface area (Å²) in [5.74, 6) is 0.174. The smallest absolute Gasteiger partial charge is 0.252 e. The second-order valence-electron chi connectivity index (χ2n) is 4.20. The molecule has 2 aromatic rings. The fourth-order valence-electron chi connectivity index (χ4n) is 1.60. The van der Waals surface area contributed by atoms with Crippen molar-refractivity contribution in [3.63, 3.8) is 0 Å². The summed E-state index contributed by atoms with van der Waals surface area (Å²) >= 11 is 1.46. The van der Waals surface area contributed by atoms with Crippen LogP contribution in [0.3, 0.4) is 0 Å². The summed E-state index contributed by atoms with van der Waals surface area (Å²) in [5.41, 5.74) is 1.58. The molecule has 0 fully saturated rings. The first-order valence-corrected chi connectivity index (χ1v) is 7.28. The molecule has 2 aromatic heterocycles. The Morgan fingerprint density at radius 1 is 1.45 bits per heavy atom. The second kappa shape index (κ2) is 6.85. The van der Waals surface area contributed by atoms with Crippen LogP contribution in [0.15, 0.2) is 22.9 Å². The van der Waals surface area contributed by atoms with E-state index in [1.165, 1.54) is 11.3 Å². The lowest BCUT2D eigenvalue weighted by Gasteiger charge is -2.03. The number of aromatic amines is 1. The third-order valence-electron chi connectivity index (χ3n) is 2.70. The molecule has 0 spiro atoms. The number of hydrogen-bond acceptors (Lipinski definition) is 4. The number of nitrogens with one attached hydrogen (secondary N) is 3. The monoisotopic (exact) mass is 292 g/mol. The van der Waals surface area contributed by atoms with E-state index < -0.39 is 0 Å². The molecule has 2 amide bonds. The molecule has 0 aliphatic rings. The van der Waals surface area contributed by atoms with Crippen molar-refractivity contribution in [1.29, 1.82) is 0 Å². The Balaban J connectivity index is 1.71. The van der Waals surface area contributed by atoms with Gasteiger partial charge in [0.15, 0.2) is 5.82 Å². The van der Waals surface area contributed by atoms with Crippen molar-refractivity contribution in [2.75, 3.05) is 11.9 Å². The number of thiophene rings is 1. The summed E-state index contributed by atoms with van der Waals surface area (Å²) < 4.78 is 0. The molecule has 0 atom stereocenters. The van der Waals surface area contributed by atoms with E-state index >= 15 is 0 Å². The summed E-state index contributed by atoms with van der Waals surface area (Å²) in [4.78, 5) is 23.3. The maximum atomic E-state index is 11.7. The van der Waals surface area contributed by atoms with E-state index in [1.807, 2.05) is 12.3 Å². The lowest BCUT2D eigenvalue weighted by atomic mass is 10.3. The van der Waals surface area contributed by atoms with Crippen LogP contribution in [-0.2, 0) is 11.2 Å². The summed E-state index contributed by atoms with van der Waals surface area (Å²) in [6, 6.07) is 3.54. The van der Waals surface area contributed by atoms with Crippen LogP contribution >= 0.6 is 11.3 Å². The van der Waals surface area contributed by atoms with Crippen LogP contribution in [0.1, 0.15) is 29.4 Å². The molecule has 3 N–H and O–H groups in total. The minimum atomic E-state index is -0.176. The third-order valence-corrected chi connectivity index (χ3v) is 3.38. The first-order valence-electron chi connectivity index (χ1n) is 6.33. The molecule has 2 rings (SSSR count). The van der Waals surface area contributed by atoms with Gasteiger partial charge in [-0.1, -0.05) is 6.92 Å². The van der Waals surface area contributed by atoms with Crippen LogP contribution in [0.2, 0.25) is 0 Å². The number of anilines is 1. The van der Waals surface area contributed by atoms with E-state index in [1.54, 1.807) is 17.5 Å². The first kappa shape index (κ1) is 14.3. The zero-order chi connectivity index (χ0) is 14.4. The van der Waals surface area contributed by atoms with E-state index in [-0.39, 0.29) is 18.2 Å². The van der Waals surface area contributed by atoms with Gasteiger partial charge in [0.05, 0.1) is 0 Å². The Labute approximate surface area is 120 Å². The fourth-order valence-corrected chi connectivity index (χ4v) is 2.23. The van der Waals surface area contributed by atoms with Crippen LogP contribution in [0.4, 0.5) is 5.82 Å². The van der Waals surface area contributed by atoms with Gasteiger partial charge in [-0.05, 0) is 17.9 Å². The average molecular weight is 292 g/mol. The highest BCUT2D eigenvalue weighted by Gasteiger charge is 2.08. The van der Waals surface area contributed by atoms with Gasteiger partial charge >= 0.3 is 0 Å². The number of carbonyl (C=O) groups is 2. The minimum Gasteiger partial charge on any atom is -0.351 e. The van der Waals surface area contributed by atoms with Gasteiger partial charge in [0, 0.05) is 35.7 Å². The Kier molecular flexibility index (Phi) is 4.89. The molecule has 0 saturated carbocycles. The fraction of sp³-hybridized carbons (Fsp3) is 0.308. The standard InChI is InChI=1S/C13H16N4O2S/c1-2-10-7-11(17-16-10)15-12(18)3-5-14-13(19)9-4-6-20-8-9/h4,6-8H,2-3,5H2,1H3,(H,14,19)(H2,15,16,17,18). The first-order chi connectivity index (χ1) is 9.69. The zero-order valence-corrected chi connectivity index (χ0v) is 11.9. The van der Waals surface area contributed by atoms with Crippen molar-refractivity contribution in [1.82, 2.24) is 15.5 Å². The van der Waals surface area contributed by atoms with Gasteiger partial charge in [0.2, 0.25) is 5.91 Å². The van der Waals surface area contributed by atoms with Gasteiger partial charge in [-0.25, -0.2) is 0 Å². The molecule has 0 radical (unpaired) electrons. The Morgan fingerprint density at radius 3 is 2.95 bits per heavy atom. The van der Waals surface area contributed by atoms with Crippen LogP contribution in [0.25, 0.3) is 0 Å². The highest BCUT2D eigenvalue weighted by atomic mass is 32.1. The molecule has 0 aliphatic heterocycles. The number of amides is 2. The van der Waals surface area contributed by atoms with Gasteiger partial charge in [-0.15, -0.1) is 0 Å². The maximum Gasteiger partial charge on any atom is 0.252 e. The molecule has 2 heterocycles. The van der Waals surface area contributed by atoms with Gasteiger partial charge in [0.25, 0.3) is 5.91 Å². The van der Waals surface area contributed by atoms with Gasteiger partial charge in [-0.2, -0.15) is 16.4 Å².